The lowest BCUT2D eigenvalue weighted by atomic mass is 10.1. The summed E-state index contributed by atoms with van der Waals surface area (Å²) in [5.41, 5.74) is 6.60. The molecule has 4 nitrogen and oxygen atoms in total. The zero-order valence-electron chi connectivity index (χ0n) is 7.42. The van der Waals surface area contributed by atoms with Crippen LogP contribution in [0.3, 0.4) is 0 Å². The number of hydrogen-bond donors (Lipinski definition) is 1. The molecule has 0 aromatic rings. The first-order valence-electron chi connectivity index (χ1n) is 4.15. The van der Waals surface area contributed by atoms with E-state index in [-0.39, 0.29) is 0 Å². The zero-order chi connectivity index (χ0) is 9.97. The molecule has 14 heavy (non-hydrogen) atoms. The van der Waals surface area contributed by atoms with Gasteiger partial charge in [-0.1, -0.05) is 0 Å². The molecule has 0 radical (unpaired) electrons. The summed E-state index contributed by atoms with van der Waals surface area (Å²) in [4.78, 5) is 16.7. The molecule has 0 bridgehead atoms. The number of nitrogens with two attached hydrogens (primary N) is 1. The number of primary amides is 1. The third-order valence-electron chi connectivity index (χ3n) is 1.94. The Balaban J connectivity index is 2.36. The van der Waals surface area contributed by atoms with Crippen LogP contribution in [0.2, 0.25) is 0 Å². The van der Waals surface area contributed by atoms with Crippen LogP contribution in [0, 0.1) is 0 Å². The van der Waals surface area contributed by atoms with Gasteiger partial charge < -0.3 is 10.6 Å². The van der Waals surface area contributed by atoms with Gasteiger partial charge in [0.2, 0.25) is 5.91 Å². The third-order valence-corrected chi connectivity index (χ3v) is 1.94. The molecule has 0 aromatic carbocycles. The number of amides is 1. The van der Waals surface area contributed by atoms with Crippen molar-refractivity contribution in [1.82, 2.24) is 4.90 Å². The molecular weight excluding hydrogens is 178 g/mol. The third kappa shape index (κ3) is 1.50. The maximum Gasteiger partial charge on any atom is 0.250 e. The summed E-state index contributed by atoms with van der Waals surface area (Å²) in [5.74, 6) is -0.432. The molecule has 0 saturated heterocycles. The molecule has 0 spiro atoms. The molecule has 0 unspecified atom stereocenters. The number of hydrogen-bond acceptors (Lipinski definition) is 3. The first-order valence-corrected chi connectivity index (χ1v) is 4.15. The molecule has 4 heteroatoms. The van der Waals surface area contributed by atoms with Gasteiger partial charge >= 0.3 is 0 Å². The van der Waals surface area contributed by atoms with Crippen molar-refractivity contribution in [3.8, 4) is 0 Å². The molecule has 2 rings (SSSR count). The van der Waals surface area contributed by atoms with E-state index in [0.29, 0.717) is 5.57 Å². The summed E-state index contributed by atoms with van der Waals surface area (Å²) in [6.45, 7) is 0. The van der Waals surface area contributed by atoms with Gasteiger partial charge in [-0.3, -0.25) is 9.79 Å². The Bertz CT molecular complexity index is 413. The van der Waals surface area contributed by atoms with Crippen LogP contribution in [0.1, 0.15) is 0 Å². The van der Waals surface area contributed by atoms with E-state index >= 15 is 0 Å². The number of carbonyl (C=O) groups excluding carboxylic acids is 1. The van der Waals surface area contributed by atoms with Crippen molar-refractivity contribution in [2.45, 2.75) is 0 Å². The van der Waals surface area contributed by atoms with E-state index in [9.17, 15) is 4.79 Å². The highest BCUT2D eigenvalue weighted by molar-refractivity contribution is 5.95. The molecule has 2 aliphatic heterocycles. The molecule has 2 heterocycles. The maximum absolute atomic E-state index is 10.9. The summed E-state index contributed by atoms with van der Waals surface area (Å²) >= 11 is 0. The number of allylic oxidation sites excluding steroid dienone is 2. The highest BCUT2D eigenvalue weighted by Gasteiger charge is 2.11. The van der Waals surface area contributed by atoms with Crippen LogP contribution in [-0.4, -0.2) is 17.0 Å². The van der Waals surface area contributed by atoms with Crippen LogP contribution in [0.4, 0.5) is 0 Å². The smallest absolute Gasteiger partial charge is 0.250 e. The SMILES string of the molecule is NC(=O)C1=CN2C=CN=CC=C2C=C1. The Hall–Kier alpha value is -2.10. The van der Waals surface area contributed by atoms with Crippen molar-refractivity contribution in [2.24, 2.45) is 10.7 Å². The van der Waals surface area contributed by atoms with Gasteiger partial charge in [0.1, 0.15) is 0 Å². The van der Waals surface area contributed by atoms with E-state index in [1.807, 2.05) is 12.2 Å². The van der Waals surface area contributed by atoms with Gasteiger partial charge in [0.05, 0.1) is 5.57 Å². The summed E-state index contributed by atoms with van der Waals surface area (Å²) in [5, 5.41) is 0. The van der Waals surface area contributed by atoms with Crippen LogP contribution >= 0.6 is 0 Å². The van der Waals surface area contributed by atoms with Gasteiger partial charge in [-0.25, -0.2) is 0 Å². The lowest BCUT2D eigenvalue weighted by Crippen LogP contribution is -2.19. The van der Waals surface area contributed by atoms with Crippen molar-refractivity contribution >= 4 is 12.1 Å². The van der Waals surface area contributed by atoms with Gasteiger partial charge in [0.25, 0.3) is 0 Å². The average molecular weight is 187 g/mol. The second-order valence-electron chi connectivity index (χ2n) is 2.88. The Kier molecular flexibility index (Phi) is 2.02. The minimum absolute atomic E-state index is 0.432. The zero-order valence-corrected chi connectivity index (χ0v) is 7.42. The Labute approximate surface area is 81.4 Å². The van der Waals surface area contributed by atoms with E-state index in [0.717, 1.165) is 5.70 Å². The van der Waals surface area contributed by atoms with Gasteiger partial charge in [-0.15, -0.1) is 0 Å². The monoisotopic (exact) mass is 187 g/mol. The van der Waals surface area contributed by atoms with Crippen LogP contribution in [0.15, 0.2) is 53.1 Å². The molecule has 2 aliphatic rings. The molecule has 0 fully saturated rings. The predicted octanol–water partition coefficient (Wildman–Crippen LogP) is 0.667. The molecule has 2 N–H and O–H groups in total. The molecule has 70 valence electrons. The molecule has 0 saturated carbocycles. The fraction of sp³-hybridized carbons (Fsp3) is 0. The fourth-order valence-electron chi connectivity index (χ4n) is 1.22. The van der Waals surface area contributed by atoms with E-state index in [1.165, 1.54) is 0 Å². The van der Waals surface area contributed by atoms with Crippen molar-refractivity contribution in [1.29, 1.82) is 0 Å². The number of rotatable bonds is 1. The second-order valence-corrected chi connectivity index (χ2v) is 2.88. The summed E-state index contributed by atoms with van der Waals surface area (Å²) in [6, 6.07) is 0. The van der Waals surface area contributed by atoms with Gasteiger partial charge in [0.15, 0.2) is 0 Å². The first kappa shape index (κ1) is 8.50. The first-order chi connectivity index (χ1) is 6.77. The van der Waals surface area contributed by atoms with Crippen molar-refractivity contribution < 1.29 is 4.79 Å². The number of nitrogens with zero attached hydrogens (tertiary/aromatic N) is 2. The minimum Gasteiger partial charge on any atom is -0.366 e. The molecule has 0 aromatic heterocycles. The molecular formula is C10H9N3O. The maximum atomic E-state index is 10.9. The second kappa shape index (κ2) is 3.33. The Morgan fingerprint density at radius 3 is 3.07 bits per heavy atom. The van der Waals surface area contributed by atoms with Gasteiger partial charge in [0, 0.05) is 30.5 Å². The topological polar surface area (TPSA) is 58.7 Å². The van der Waals surface area contributed by atoms with E-state index in [1.54, 1.807) is 35.8 Å². The standard InChI is InChI=1S/C10H9N3O/c11-10(14)8-1-2-9-3-4-12-5-6-13(9)7-8/h1-7H,(H2,11,14). The summed E-state index contributed by atoms with van der Waals surface area (Å²) in [7, 11) is 0. The largest absolute Gasteiger partial charge is 0.366 e. The van der Waals surface area contributed by atoms with Crippen molar-refractivity contribution in [3.05, 3.63) is 48.1 Å². The van der Waals surface area contributed by atoms with E-state index in [4.69, 9.17) is 5.73 Å². The summed E-state index contributed by atoms with van der Waals surface area (Å²) in [6.07, 6.45) is 12.2. The fourth-order valence-corrected chi connectivity index (χ4v) is 1.22. The lowest BCUT2D eigenvalue weighted by Gasteiger charge is -2.19. The molecule has 1 amide bonds. The lowest BCUT2D eigenvalue weighted by molar-refractivity contribution is -0.114. The van der Waals surface area contributed by atoms with Gasteiger partial charge in [-0.05, 0) is 18.2 Å². The predicted molar refractivity (Wildman–Crippen MR) is 54.0 cm³/mol. The Morgan fingerprint density at radius 2 is 2.29 bits per heavy atom. The summed E-state index contributed by atoms with van der Waals surface area (Å²) < 4.78 is 0. The van der Waals surface area contributed by atoms with E-state index in [2.05, 4.69) is 4.99 Å². The molecule has 0 aliphatic carbocycles. The number of fused-ring (bicyclic) bond motifs is 1. The number of carbonyl (C=O) groups is 1. The quantitative estimate of drug-likeness (QED) is 0.655. The van der Waals surface area contributed by atoms with Crippen molar-refractivity contribution in [3.63, 3.8) is 0 Å². The van der Waals surface area contributed by atoms with Crippen molar-refractivity contribution in [2.75, 3.05) is 0 Å². The van der Waals surface area contributed by atoms with Gasteiger partial charge in [-0.2, -0.15) is 0 Å². The Morgan fingerprint density at radius 1 is 1.43 bits per heavy atom. The van der Waals surface area contributed by atoms with Crippen LogP contribution in [-0.2, 0) is 4.79 Å². The van der Waals surface area contributed by atoms with Crippen LogP contribution in [0.25, 0.3) is 0 Å². The minimum atomic E-state index is -0.432. The van der Waals surface area contributed by atoms with E-state index < -0.39 is 5.91 Å². The number of aliphatic imine (C=N–C) groups is 1. The van der Waals surface area contributed by atoms with Crippen LogP contribution < -0.4 is 5.73 Å². The average Bonchev–Trinajstić information content (AvgIpc) is 2.41. The highest BCUT2D eigenvalue weighted by atomic mass is 16.1. The van der Waals surface area contributed by atoms with Crippen LogP contribution in [0.5, 0.6) is 0 Å². The highest BCUT2D eigenvalue weighted by Crippen LogP contribution is 2.17. The normalized spacial score (nSPS) is 18.4. The molecule has 0 atom stereocenters.